The van der Waals surface area contributed by atoms with Gasteiger partial charge in [0.1, 0.15) is 0 Å². The molecule has 3 heterocycles. The normalized spacial score (nSPS) is 22.2. The quantitative estimate of drug-likeness (QED) is 0.716. The molecule has 1 atom stereocenters. The Labute approximate surface area is 189 Å². The first-order chi connectivity index (χ1) is 15.6. The number of hydrogen-bond donors (Lipinski definition) is 2. The van der Waals surface area contributed by atoms with E-state index < -0.39 is 0 Å². The number of allylic oxidation sites excluding steroid dienone is 5. The molecular formula is C24H32N8. The summed E-state index contributed by atoms with van der Waals surface area (Å²) in [6, 6.07) is 2.08. The highest BCUT2D eigenvalue weighted by Crippen LogP contribution is 2.36. The monoisotopic (exact) mass is 432 g/mol. The van der Waals surface area contributed by atoms with Crippen molar-refractivity contribution in [3.05, 3.63) is 47.5 Å². The summed E-state index contributed by atoms with van der Waals surface area (Å²) in [5, 5.41) is 10.9. The summed E-state index contributed by atoms with van der Waals surface area (Å²) in [7, 11) is 2.15. The number of nitrogens with one attached hydrogen (secondary N) is 2. The second kappa shape index (κ2) is 9.24. The van der Waals surface area contributed by atoms with Crippen LogP contribution in [0.3, 0.4) is 0 Å². The molecule has 3 aliphatic rings. The Kier molecular flexibility index (Phi) is 6.03. The topological polar surface area (TPSA) is 85.9 Å². The number of piperazine rings is 1. The van der Waals surface area contributed by atoms with Crippen molar-refractivity contribution < 1.29 is 0 Å². The van der Waals surface area contributed by atoms with Crippen molar-refractivity contribution in [3.63, 3.8) is 0 Å². The summed E-state index contributed by atoms with van der Waals surface area (Å²) in [5.74, 6) is 3.81. The predicted octanol–water partition coefficient (Wildman–Crippen LogP) is 3.89. The maximum Gasteiger partial charge on any atom is 0.233 e. The van der Waals surface area contributed by atoms with Crippen molar-refractivity contribution in [3.8, 4) is 0 Å². The van der Waals surface area contributed by atoms with E-state index >= 15 is 0 Å². The fourth-order valence-corrected chi connectivity index (χ4v) is 4.26. The second-order valence-corrected chi connectivity index (χ2v) is 9.18. The summed E-state index contributed by atoms with van der Waals surface area (Å²) in [5.41, 5.74) is 2.38. The summed E-state index contributed by atoms with van der Waals surface area (Å²) >= 11 is 0. The first kappa shape index (κ1) is 20.9. The first-order valence-corrected chi connectivity index (χ1v) is 11.7. The number of rotatable bonds is 6. The Bertz CT molecular complexity index is 1020. The van der Waals surface area contributed by atoms with E-state index in [0.29, 0.717) is 29.6 Å². The van der Waals surface area contributed by atoms with Gasteiger partial charge in [0.2, 0.25) is 11.9 Å². The molecule has 0 aromatic carbocycles. The van der Waals surface area contributed by atoms with Gasteiger partial charge in [0, 0.05) is 43.9 Å². The number of anilines is 3. The summed E-state index contributed by atoms with van der Waals surface area (Å²) in [4.78, 5) is 18.7. The van der Waals surface area contributed by atoms with Crippen molar-refractivity contribution in [1.29, 1.82) is 0 Å². The smallest absolute Gasteiger partial charge is 0.233 e. The highest BCUT2D eigenvalue weighted by atomic mass is 15.3. The molecule has 1 saturated carbocycles. The van der Waals surface area contributed by atoms with Gasteiger partial charge in [-0.25, -0.2) is 0 Å². The SMILES string of the molecule is CC1C=C(/C=C/c2nc(Nc3cc(C4CCC4)[nH]n3)nc(N3CCN(C)CC3)n2)C=CC1. The maximum absolute atomic E-state index is 4.76. The van der Waals surface area contributed by atoms with Gasteiger partial charge < -0.3 is 15.1 Å². The highest BCUT2D eigenvalue weighted by Gasteiger charge is 2.22. The molecule has 5 rings (SSSR count). The average molecular weight is 433 g/mol. The fourth-order valence-electron chi connectivity index (χ4n) is 4.26. The van der Waals surface area contributed by atoms with Gasteiger partial charge in [-0.3, -0.25) is 5.10 Å². The molecule has 32 heavy (non-hydrogen) atoms. The van der Waals surface area contributed by atoms with Gasteiger partial charge in [0.05, 0.1) is 0 Å². The highest BCUT2D eigenvalue weighted by molar-refractivity contribution is 5.56. The predicted molar refractivity (Wildman–Crippen MR) is 128 cm³/mol. The molecule has 8 nitrogen and oxygen atoms in total. The number of nitrogens with zero attached hydrogens (tertiary/aromatic N) is 6. The third-order valence-electron chi connectivity index (χ3n) is 6.53. The molecule has 0 spiro atoms. The molecule has 1 aliphatic heterocycles. The second-order valence-electron chi connectivity index (χ2n) is 9.18. The van der Waals surface area contributed by atoms with E-state index in [1.165, 1.54) is 30.5 Å². The number of aromatic nitrogens is 5. The minimum atomic E-state index is 0.529. The van der Waals surface area contributed by atoms with Crippen LogP contribution in [0, 0.1) is 5.92 Å². The van der Waals surface area contributed by atoms with Crippen LogP contribution in [0.2, 0.25) is 0 Å². The van der Waals surface area contributed by atoms with Gasteiger partial charge in [0.15, 0.2) is 11.6 Å². The number of hydrogen-bond acceptors (Lipinski definition) is 7. The molecule has 0 bridgehead atoms. The zero-order valence-electron chi connectivity index (χ0n) is 19.0. The van der Waals surface area contributed by atoms with Crippen molar-refractivity contribution in [2.45, 2.75) is 38.5 Å². The van der Waals surface area contributed by atoms with Gasteiger partial charge in [-0.1, -0.05) is 37.6 Å². The molecule has 0 amide bonds. The van der Waals surface area contributed by atoms with E-state index in [-0.39, 0.29) is 0 Å². The van der Waals surface area contributed by atoms with Crippen LogP contribution in [-0.2, 0) is 0 Å². The van der Waals surface area contributed by atoms with Crippen LogP contribution in [0.1, 0.15) is 50.0 Å². The molecule has 2 aromatic rings. The number of likely N-dealkylation sites (N-methyl/N-ethyl adjacent to an activating group) is 1. The molecule has 168 valence electrons. The standard InChI is InChI=1S/C24H32N8/c1-17-5-3-6-18(15-17)9-10-21-25-23(26-22-16-20(29-30-22)19-7-4-8-19)28-24(27-21)32-13-11-31(2)12-14-32/h3,6,9-10,15-17,19H,4-5,7-8,11-14H2,1-2H3,(H2,25,26,27,28,29,30)/b10-9+. The fraction of sp³-hybridized carbons (Fsp3) is 0.500. The lowest BCUT2D eigenvalue weighted by Gasteiger charge is -2.32. The minimum Gasteiger partial charge on any atom is -0.338 e. The van der Waals surface area contributed by atoms with Crippen LogP contribution in [0.4, 0.5) is 17.7 Å². The number of aromatic amines is 1. The zero-order chi connectivity index (χ0) is 21.9. The maximum atomic E-state index is 4.76. The van der Waals surface area contributed by atoms with Gasteiger partial charge in [0.25, 0.3) is 0 Å². The lowest BCUT2D eigenvalue weighted by molar-refractivity contribution is 0.311. The summed E-state index contributed by atoms with van der Waals surface area (Å²) < 4.78 is 0. The molecule has 8 heteroatoms. The Balaban J connectivity index is 1.39. The minimum absolute atomic E-state index is 0.529. The Morgan fingerprint density at radius 3 is 2.69 bits per heavy atom. The average Bonchev–Trinajstić information content (AvgIpc) is 3.19. The Hall–Kier alpha value is -3.00. The van der Waals surface area contributed by atoms with Crippen LogP contribution >= 0.6 is 0 Å². The molecule has 2 N–H and O–H groups in total. The third-order valence-corrected chi connectivity index (χ3v) is 6.53. The van der Waals surface area contributed by atoms with Crippen LogP contribution in [0.5, 0.6) is 0 Å². The van der Waals surface area contributed by atoms with Crippen molar-refractivity contribution in [1.82, 2.24) is 30.0 Å². The third kappa shape index (κ3) is 4.91. The van der Waals surface area contributed by atoms with Gasteiger partial charge in [-0.2, -0.15) is 20.1 Å². The Morgan fingerprint density at radius 1 is 1.09 bits per heavy atom. The molecular weight excluding hydrogens is 400 g/mol. The van der Waals surface area contributed by atoms with E-state index in [1.807, 2.05) is 6.08 Å². The largest absolute Gasteiger partial charge is 0.338 e. The van der Waals surface area contributed by atoms with Crippen LogP contribution < -0.4 is 10.2 Å². The van der Waals surface area contributed by atoms with Crippen LogP contribution in [-0.4, -0.2) is 63.3 Å². The molecule has 0 radical (unpaired) electrons. The van der Waals surface area contributed by atoms with E-state index in [0.717, 1.165) is 38.4 Å². The molecule has 1 unspecified atom stereocenters. The lowest BCUT2D eigenvalue weighted by Crippen LogP contribution is -2.45. The summed E-state index contributed by atoms with van der Waals surface area (Å²) in [6.45, 7) is 6.04. The lowest BCUT2D eigenvalue weighted by atomic mass is 9.83. The van der Waals surface area contributed by atoms with Crippen LogP contribution in [0.25, 0.3) is 6.08 Å². The van der Waals surface area contributed by atoms with Gasteiger partial charge in [-0.15, -0.1) is 0 Å². The van der Waals surface area contributed by atoms with Crippen molar-refractivity contribution in [2.24, 2.45) is 5.92 Å². The summed E-state index contributed by atoms with van der Waals surface area (Å²) in [6.07, 6.45) is 15.6. The molecule has 1 saturated heterocycles. The molecule has 2 aromatic heterocycles. The van der Waals surface area contributed by atoms with E-state index in [4.69, 9.17) is 9.97 Å². The van der Waals surface area contributed by atoms with E-state index in [1.54, 1.807) is 0 Å². The first-order valence-electron chi connectivity index (χ1n) is 11.7. The van der Waals surface area contributed by atoms with E-state index in [2.05, 4.69) is 74.6 Å². The van der Waals surface area contributed by atoms with Gasteiger partial charge >= 0.3 is 0 Å². The van der Waals surface area contributed by atoms with Crippen LogP contribution in [0.15, 0.2) is 35.9 Å². The van der Waals surface area contributed by atoms with Crippen molar-refractivity contribution in [2.75, 3.05) is 43.4 Å². The van der Waals surface area contributed by atoms with Gasteiger partial charge in [-0.05, 0) is 43.9 Å². The Morgan fingerprint density at radius 2 is 1.94 bits per heavy atom. The number of H-pyrrole nitrogens is 1. The van der Waals surface area contributed by atoms with E-state index in [9.17, 15) is 0 Å². The molecule has 2 fully saturated rings. The zero-order valence-corrected chi connectivity index (χ0v) is 19.0. The van der Waals surface area contributed by atoms with Crippen molar-refractivity contribution >= 4 is 23.8 Å². The molecule has 2 aliphatic carbocycles.